The van der Waals surface area contributed by atoms with Crippen LogP contribution in [0.25, 0.3) is 0 Å². The first-order valence-electron chi connectivity index (χ1n) is 10.5. The van der Waals surface area contributed by atoms with Gasteiger partial charge in [-0.3, -0.25) is 28.8 Å². The fourth-order valence-electron chi connectivity index (χ4n) is 2.46. The van der Waals surface area contributed by atoms with Crippen molar-refractivity contribution in [1.29, 1.82) is 0 Å². The molecular formula is C18H32N6O12. The van der Waals surface area contributed by atoms with E-state index in [-0.39, 0.29) is 26.2 Å². The number of hydrogen-bond acceptors (Lipinski definition) is 12. The lowest BCUT2D eigenvalue weighted by atomic mass is 10.0. The Balaban J connectivity index is 4.42. The molecule has 206 valence electrons. The number of carbonyl (C=O) groups excluding carboxylic acids is 4. The molecule has 0 unspecified atom stereocenters. The maximum Gasteiger partial charge on any atom is 0.305 e. The van der Waals surface area contributed by atoms with Crippen LogP contribution in [0.2, 0.25) is 0 Å². The van der Waals surface area contributed by atoms with Crippen LogP contribution in [-0.4, -0.2) is 129 Å². The quantitative estimate of drug-likeness (QED) is 0.0786. The van der Waals surface area contributed by atoms with Gasteiger partial charge in [0.05, 0.1) is 24.9 Å². The van der Waals surface area contributed by atoms with Gasteiger partial charge in [0.25, 0.3) is 11.8 Å². The summed E-state index contributed by atoms with van der Waals surface area (Å²) in [4.78, 5) is 67.8. The first-order chi connectivity index (χ1) is 16.7. The molecule has 0 spiro atoms. The van der Waals surface area contributed by atoms with Crippen LogP contribution in [0.3, 0.4) is 0 Å². The molecule has 0 heterocycles. The second kappa shape index (κ2) is 16.3. The van der Waals surface area contributed by atoms with Crippen LogP contribution in [0.1, 0.15) is 12.8 Å². The molecule has 0 aliphatic carbocycles. The maximum absolute atomic E-state index is 11.9. The van der Waals surface area contributed by atoms with Crippen molar-refractivity contribution in [1.82, 2.24) is 21.3 Å². The van der Waals surface area contributed by atoms with E-state index < -0.39 is 84.9 Å². The van der Waals surface area contributed by atoms with Crippen molar-refractivity contribution < 1.29 is 59.4 Å². The Morgan fingerprint density at radius 2 is 0.778 bits per heavy atom. The molecular weight excluding hydrogens is 492 g/mol. The summed E-state index contributed by atoms with van der Waals surface area (Å²) in [7, 11) is 0. The molecule has 6 atom stereocenters. The Morgan fingerprint density at radius 3 is 1.03 bits per heavy atom. The van der Waals surface area contributed by atoms with Crippen molar-refractivity contribution in [2.75, 3.05) is 26.2 Å². The van der Waals surface area contributed by atoms with Crippen LogP contribution in [0.15, 0.2) is 0 Å². The van der Waals surface area contributed by atoms with E-state index in [1.165, 1.54) is 0 Å². The van der Waals surface area contributed by atoms with Gasteiger partial charge in [-0.2, -0.15) is 0 Å². The molecule has 0 saturated carbocycles. The van der Waals surface area contributed by atoms with Gasteiger partial charge in [-0.1, -0.05) is 0 Å². The third-order valence-electron chi connectivity index (χ3n) is 4.44. The summed E-state index contributed by atoms with van der Waals surface area (Å²) in [6, 6.07) is -2.64. The highest BCUT2D eigenvalue weighted by Gasteiger charge is 2.37. The van der Waals surface area contributed by atoms with E-state index in [2.05, 4.69) is 21.3 Å². The minimum Gasteiger partial charge on any atom is -0.481 e. The zero-order chi connectivity index (χ0) is 28.0. The molecule has 0 saturated heterocycles. The first kappa shape index (κ1) is 32.6. The largest absolute Gasteiger partial charge is 0.481 e. The van der Waals surface area contributed by atoms with Gasteiger partial charge in [-0.15, -0.1) is 0 Å². The normalized spacial score (nSPS) is 15.8. The molecule has 0 aliphatic rings. The van der Waals surface area contributed by atoms with Crippen molar-refractivity contribution in [2.24, 2.45) is 11.5 Å². The van der Waals surface area contributed by atoms with E-state index in [0.29, 0.717) is 0 Å². The number of nitrogens with two attached hydrogens (primary N) is 2. The average molecular weight is 524 g/mol. The van der Waals surface area contributed by atoms with E-state index >= 15 is 0 Å². The van der Waals surface area contributed by atoms with Gasteiger partial charge in [0.15, 0.2) is 12.2 Å². The molecule has 18 nitrogen and oxygen atoms in total. The van der Waals surface area contributed by atoms with Crippen molar-refractivity contribution in [3.8, 4) is 0 Å². The fourth-order valence-corrected chi connectivity index (χ4v) is 2.46. The summed E-state index contributed by atoms with van der Waals surface area (Å²) in [5.41, 5.74) is 10.7. The lowest BCUT2D eigenvalue weighted by Gasteiger charge is -2.25. The van der Waals surface area contributed by atoms with Crippen LogP contribution < -0.4 is 32.7 Å². The van der Waals surface area contributed by atoms with Gasteiger partial charge < -0.3 is 63.4 Å². The van der Waals surface area contributed by atoms with Crippen LogP contribution in [0.5, 0.6) is 0 Å². The summed E-state index contributed by atoms with van der Waals surface area (Å²) >= 11 is 0. The summed E-state index contributed by atoms with van der Waals surface area (Å²) in [5, 5.41) is 65.2. The first-order valence-corrected chi connectivity index (χ1v) is 10.5. The molecule has 4 amide bonds. The second-order valence-corrected chi connectivity index (χ2v) is 7.44. The van der Waals surface area contributed by atoms with Crippen molar-refractivity contribution in [3.63, 3.8) is 0 Å². The number of carbonyl (C=O) groups is 6. The topological polar surface area (TPSA) is 324 Å². The van der Waals surface area contributed by atoms with Gasteiger partial charge >= 0.3 is 11.9 Å². The smallest absolute Gasteiger partial charge is 0.305 e. The number of nitrogens with one attached hydrogen (secondary N) is 4. The van der Waals surface area contributed by atoms with Crippen molar-refractivity contribution in [2.45, 2.75) is 49.3 Å². The Labute approximate surface area is 204 Å². The van der Waals surface area contributed by atoms with Gasteiger partial charge in [-0.25, -0.2) is 0 Å². The lowest BCUT2D eigenvalue weighted by Crippen LogP contribution is -2.55. The Kier molecular flexibility index (Phi) is 14.7. The lowest BCUT2D eigenvalue weighted by molar-refractivity contribution is -0.155. The zero-order valence-corrected chi connectivity index (χ0v) is 19.0. The molecule has 0 aliphatic heterocycles. The van der Waals surface area contributed by atoms with Crippen LogP contribution in [0.4, 0.5) is 0 Å². The van der Waals surface area contributed by atoms with Gasteiger partial charge in [-0.05, 0) is 0 Å². The van der Waals surface area contributed by atoms with E-state index in [1.54, 1.807) is 0 Å². The van der Waals surface area contributed by atoms with Crippen LogP contribution in [0, 0.1) is 0 Å². The third kappa shape index (κ3) is 12.3. The standard InChI is InChI=1S/C18H32N6O12/c19-7(5-9(25)26)15(33)21-1-3-23-17(35)13(31)11(29)12(30)14(32)18(36)24-4-2-22-16(34)8(20)6-10(27)28/h7-8,11-14,29-32H,1-6,19-20H2,(H,21,33)(H,22,34)(H,23,35)(H,24,36)(H,25,26)(H,27,28)/t7-,8-,11-,12+,13+,14-/m0/s1. The predicted molar refractivity (Wildman–Crippen MR) is 117 cm³/mol. The van der Waals surface area contributed by atoms with Crippen molar-refractivity contribution >= 4 is 35.6 Å². The van der Waals surface area contributed by atoms with Crippen LogP contribution in [-0.2, 0) is 28.8 Å². The minimum absolute atomic E-state index is 0.216. The third-order valence-corrected chi connectivity index (χ3v) is 4.44. The van der Waals surface area contributed by atoms with Gasteiger partial charge in [0.2, 0.25) is 11.8 Å². The number of aliphatic carboxylic acids is 2. The minimum atomic E-state index is -2.31. The van der Waals surface area contributed by atoms with E-state index in [9.17, 15) is 49.2 Å². The number of aliphatic hydroxyl groups excluding tert-OH is 4. The number of carboxylic acids is 2. The highest BCUT2D eigenvalue weighted by atomic mass is 16.4. The Hall–Kier alpha value is -3.42. The molecule has 14 N–H and O–H groups in total. The maximum atomic E-state index is 11.9. The molecule has 0 fully saturated rings. The fraction of sp³-hybridized carbons (Fsp3) is 0.667. The number of rotatable bonds is 17. The number of hydrogen-bond donors (Lipinski definition) is 12. The molecule has 0 aromatic rings. The monoisotopic (exact) mass is 524 g/mol. The summed E-state index contributed by atoms with van der Waals surface area (Å²) < 4.78 is 0. The molecule has 0 aromatic carbocycles. The second-order valence-electron chi connectivity index (χ2n) is 7.44. The van der Waals surface area contributed by atoms with E-state index in [1.807, 2.05) is 0 Å². The molecule has 0 aromatic heterocycles. The predicted octanol–water partition coefficient (Wildman–Crippen LogP) is -7.50. The summed E-state index contributed by atoms with van der Waals surface area (Å²) in [5.74, 6) is -6.64. The average Bonchev–Trinajstić information content (AvgIpc) is 2.80. The van der Waals surface area contributed by atoms with Crippen molar-refractivity contribution in [3.05, 3.63) is 0 Å². The van der Waals surface area contributed by atoms with Crippen LogP contribution >= 0.6 is 0 Å². The summed E-state index contributed by atoms with van der Waals surface area (Å²) in [6.07, 6.45) is -10.4. The van der Waals surface area contributed by atoms with Gasteiger partial charge in [0.1, 0.15) is 12.2 Å². The summed E-state index contributed by atoms with van der Waals surface area (Å²) in [6.45, 7) is -0.998. The molecule has 0 rings (SSSR count). The van der Waals surface area contributed by atoms with Gasteiger partial charge in [0, 0.05) is 26.2 Å². The molecule has 18 heteroatoms. The van der Waals surface area contributed by atoms with E-state index in [4.69, 9.17) is 21.7 Å². The Bertz CT molecular complexity index is 733. The molecule has 0 radical (unpaired) electrons. The number of carboxylic acid groups (broad SMARTS) is 2. The zero-order valence-electron chi connectivity index (χ0n) is 19.0. The SMILES string of the molecule is N[C@@H](CC(=O)O)C(=O)NCCNC(=O)[C@@H](O)[C@H](O)[C@H](O)[C@@H](O)C(=O)NCCNC(=O)[C@@H](N)CC(=O)O. The number of aliphatic hydroxyl groups is 4. The Morgan fingerprint density at radius 1 is 0.528 bits per heavy atom. The number of amides is 4. The molecule has 36 heavy (non-hydrogen) atoms. The highest BCUT2D eigenvalue weighted by molar-refractivity contribution is 5.87. The highest BCUT2D eigenvalue weighted by Crippen LogP contribution is 2.06. The van der Waals surface area contributed by atoms with E-state index in [0.717, 1.165) is 0 Å². The molecule has 0 bridgehead atoms.